The Morgan fingerprint density at radius 2 is 2.12 bits per heavy atom. The lowest BCUT2D eigenvalue weighted by atomic mass is 10.2. The first kappa shape index (κ1) is 13.0. The number of carbonyl (C=O) groups excluding carboxylic acids is 1. The van der Waals surface area contributed by atoms with E-state index in [9.17, 15) is 4.79 Å². The molecule has 0 N–H and O–H groups in total. The molecule has 0 radical (unpaired) electrons. The second-order valence-corrected chi connectivity index (χ2v) is 4.59. The van der Waals surface area contributed by atoms with Gasteiger partial charge < -0.3 is 4.74 Å². The summed E-state index contributed by atoms with van der Waals surface area (Å²) in [5.41, 5.74) is 0.149. The molecule has 1 rings (SSSR count). The van der Waals surface area contributed by atoms with Crippen LogP contribution in [0.1, 0.15) is 26.3 Å². The molecule has 1 aromatic rings. The second kappa shape index (κ2) is 4.88. The Morgan fingerprint density at radius 3 is 2.53 bits per heavy atom. The number of hydrogen-bond acceptors (Lipinski definition) is 3. The predicted octanol–water partition coefficient (Wildman–Crippen LogP) is 2.43. The van der Waals surface area contributed by atoms with E-state index in [0.29, 0.717) is 11.4 Å². The molecule has 0 unspecified atom stereocenters. The summed E-state index contributed by atoms with van der Waals surface area (Å²) in [5, 5.41) is 0. The fourth-order valence-corrected chi connectivity index (χ4v) is 1.09. The van der Waals surface area contributed by atoms with Gasteiger partial charge in [0.15, 0.2) is 0 Å². The second-order valence-electron chi connectivity index (χ2n) is 4.59. The third-order valence-electron chi connectivity index (χ3n) is 1.93. The molecule has 4 heteroatoms. The van der Waals surface area contributed by atoms with Gasteiger partial charge in [-0.15, -0.1) is 6.42 Å². The molecular weight excluding hydrogens is 216 g/mol. The van der Waals surface area contributed by atoms with Crippen molar-refractivity contribution >= 4 is 11.9 Å². The van der Waals surface area contributed by atoms with Gasteiger partial charge in [-0.3, -0.25) is 4.90 Å². The molecule has 1 aromatic heterocycles. The highest BCUT2D eigenvalue weighted by Gasteiger charge is 2.20. The number of carbonyl (C=O) groups is 1. The predicted molar refractivity (Wildman–Crippen MR) is 66.8 cm³/mol. The average molecular weight is 232 g/mol. The van der Waals surface area contributed by atoms with Crippen LogP contribution in [-0.2, 0) is 4.74 Å². The first-order chi connectivity index (χ1) is 7.83. The molecular formula is C13H16N2O2. The highest BCUT2D eigenvalue weighted by molar-refractivity contribution is 5.85. The molecule has 4 nitrogen and oxygen atoms in total. The number of aromatic nitrogens is 1. The van der Waals surface area contributed by atoms with Crippen molar-refractivity contribution < 1.29 is 9.53 Å². The third-order valence-corrected chi connectivity index (χ3v) is 1.93. The molecule has 0 saturated carbocycles. The zero-order chi connectivity index (χ0) is 13.1. The minimum Gasteiger partial charge on any atom is -0.443 e. The van der Waals surface area contributed by atoms with Gasteiger partial charge in [-0.1, -0.05) is 5.92 Å². The number of amides is 1. The largest absolute Gasteiger partial charge is 0.443 e. The number of ether oxygens (including phenoxy) is 1. The topological polar surface area (TPSA) is 42.4 Å². The molecule has 0 aliphatic rings. The van der Waals surface area contributed by atoms with E-state index < -0.39 is 11.7 Å². The number of rotatable bonds is 1. The minimum absolute atomic E-state index is 0.446. The molecule has 0 aliphatic carbocycles. The molecule has 0 aromatic carbocycles. The fourth-order valence-electron chi connectivity index (χ4n) is 1.09. The van der Waals surface area contributed by atoms with Crippen LogP contribution in [0.5, 0.6) is 0 Å². The van der Waals surface area contributed by atoms with Gasteiger partial charge in [-0.25, -0.2) is 9.78 Å². The van der Waals surface area contributed by atoms with Crippen LogP contribution >= 0.6 is 0 Å². The Labute approximate surface area is 102 Å². The quantitative estimate of drug-likeness (QED) is 0.698. The normalized spacial score (nSPS) is 10.5. The van der Waals surface area contributed by atoms with Crippen molar-refractivity contribution in [3.63, 3.8) is 0 Å². The maximum Gasteiger partial charge on any atom is 0.415 e. The van der Waals surface area contributed by atoms with Crippen molar-refractivity contribution in [3.05, 3.63) is 23.9 Å². The summed E-state index contributed by atoms with van der Waals surface area (Å²) in [6.07, 6.45) is 6.32. The SMILES string of the molecule is C#Cc1ccc(N(C)C(=O)OC(C)(C)C)nc1. The number of nitrogens with zero attached hydrogens (tertiary/aromatic N) is 2. The van der Waals surface area contributed by atoms with Gasteiger partial charge in [0.05, 0.1) is 0 Å². The summed E-state index contributed by atoms with van der Waals surface area (Å²) in [6, 6.07) is 3.41. The van der Waals surface area contributed by atoms with Crippen molar-refractivity contribution in [2.75, 3.05) is 11.9 Å². The molecule has 0 saturated heterocycles. The standard InChI is InChI=1S/C13H16N2O2/c1-6-10-7-8-11(14-9-10)15(5)12(16)17-13(2,3)4/h1,7-9H,2-5H3. The Kier molecular flexibility index (Phi) is 3.74. The maximum absolute atomic E-state index is 11.7. The molecule has 90 valence electrons. The van der Waals surface area contributed by atoms with Crippen LogP contribution in [0.15, 0.2) is 18.3 Å². The van der Waals surface area contributed by atoms with E-state index in [0.717, 1.165) is 0 Å². The Hall–Kier alpha value is -2.02. The van der Waals surface area contributed by atoms with Gasteiger partial charge in [0.25, 0.3) is 0 Å². The monoisotopic (exact) mass is 232 g/mol. The van der Waals surface area contributed by atoms with E-state index in [1.54, 1.807) is 19.2 Å². The van der Waals surface area contributed by atoms with Gasteiger partial charge in [-0.2, -0.15) is 0 Å². The Morgan fingerprint density at radius 1 is 1.47 bits per heavy atom. The summed E-state index contributed by atoms with van der Waals surface area (Å²) in [6.45, 7) is 5.44. The Bertz CT molecular complexity index is 438. The number of anilines is 1. The molecule has 0 aliphatic heterocycles. The highest BCUT2D eigenvalue weighted by Crippen LogP contribution is 2.14. The number of pyridine rings is 1. The zero-order valence-electron chi connectivity index (χ0n) is 10.5. The molecule has 0 atom stereocenters. The van der Waals surface area contributed by atoms with Gasteiger partial charge in [0.2, 0.25) is 0 Å². The van der Waals surface area contributed by atoms with Crippen LogP contribution in [0.25, 0.3) is 0 Å². The number of hydrogen-bond donors (Lipinski definition) is 0. The number of terminal acetylenes is 1. The first-order valence-electron chi connectivity index (χ1n) is 5.23. The summed E-state index contributed by atoms with van der Waals surface area (Å²) in [7, 11) is 1.60. The van der Waals surface area contributed by atoms with Crippen molar-refractivity contribution in [2.45, 2.75) is 26.4 Å². The zero-order valence-corrected chi connectivity index (χ0v) is 10.5. The van der Waals surface area contributed by atoms with Crippen molar-refractivity contribution in [3.8, 4) is 12.3 Å². The van der Waals surface area contributed by atoms with Crippen molar-refractivity contribution in [1.29, 1.82) is 0 Å². The van der Waals surface area contributed by atoms with E-state index >= 15 is 0 Å². The van der Waals surface area contributed by atoms with Crippen LogP contribution in [0.2, 0.25) is 0 Å². The molecule has 0 bridgehead atoms. The van der Waals surface area contributed by atoms with Gasteiger partial charge in [-0.05, 0) is 32.9 Å². The smallest absolute Gasteiger partial charge is 0.415 e. The summed E-state index contributed by atoms with van der Waals surface area (Å²) in [4.78, 5) is 17.2. The van der Waals surface area contributed by atoms with E-state index in [1.807, 2.05) is 20.8 Å². The van der Waals surface area contributed by atoms with Crippen LogP contribution in [0.4, 0.5) is 10.6 Å². The molecule has 17 heavy (non-hydrogen) atoms. The first-order valence-corrected chi connectivity index (χ1v) is 5.23. The summed E-state index contributed by atoms with van der Waals surface area (Å²) >= 11 is 0. The summed E-state index contributed by atoms with van der Waals surface area (Å²) < 4.78 is 5.22. The van der Waals surface area contributed by atoms with Crippen LogP contribution in [0.3, 0.4) is 0 Å². The molecule has 0 spiro atoms. The van der Waals surface area contributed by atoms with E-state index in [2.05, 4.69) is 10.9 Å². The van der Waals surface area contributed by atoms with Crippen LogP contribution in [0, 0.1) is 12.3 Å². The highest BCUT2D eigenvalue weighted by atomic mass is 16.6. The van der Waals surface area contributed by atoms with Crippen molar-refractivity contribution in [2.24, 2.45) is 0 Å². The lowest BCUT2D eigenvalue weighted by Crippen LogP contribution is -2.34. The summed E-state index contributed by atoms with van der Waals surface area (Å²) in [5.74, 6) is 2.96. The van der Waals surface area contributed by atoms with Gasteiger partial charge in [0.1, 0.15) is 11.4 Å². The van der Waals surface area contributed by atoms with E-state index in [-0.39, 0.29) is 0 Å². The van der Waals surface area contributed by atoms with E-state index in [1.165, 1.54) is 11.1 Å². The van der Waals surface area contributed by atoms with Crippen LogP contribution < -0.4 is 4.90 Å². The fraction of sp³-hybridized carbons (Fsp3) is 0.385. The molecule has 0 fully saturated rings. The van der Waals surface area contributed by atoms with Gasteiger partial charge >= 0.3 is 6.09 Å². The third kappa shape index (κ3) is 3.80. The average Bonchev–Trinajstić information content (AvgIpc) is 2.26. The van der Waals surface area contributed by atoms with E-state index in [4.69, 9.17) is 11.2 Å². The van der Waals surface area contributed by atoms with Crippen molar-refractivity contribution in [1.82, 2.24) is 4.98 Å². The maximum atomic E-state index is 11.7. The minimum atomic E-state index is -0.524. The lowest BCUT2D eigenvalue weighted by molar-refractivity contribution is 0.0588. The van der Waals surface area contributed by atoms with Gasteiger partial charge in [0, 0.05) is 18.8 Å². The Balaban J connectivity index is 2.79. The van der Waals surface area contributed by atoms with Crippen LogP contribution in [-0.4, -0.2) is 23.7 Å². The lowest BCUT2D eigenvalue weighted by Gasteiger charge is -2.24. The molecule has 1 amide bonds. The molecule has 1 heterocycles.